The molecule has 0 aliphatic carbocycles. The smallest absolute Gasteiger partial charge is 0.229 e. The highest BCUT2D eigenvalue weighted by atomic mass is 16.5. The van der Waals surface area contributed by atoms with Gasteiger partial charge >= 0.3 is 0 Å². The molecule has 4 nitrogen and oxygen atoms in total. The Morgan fingerprint density at radius 1 is 1.25 bits per heavy atom. The van der Waals surface area contributed by atoms with Gasteiger partial charge in [-0.15, -0.1) is 0 Å². The summed E-state index contributed by atoms with van der Waals surface area (Å²) in [6.45, 7) is 8.50. The minimum atomic E-state index is 0.344. The summed E-state index contributed by atoms with van der Waals surface area (Å²) < 4.78 is 5.43. The molecule has 106 valence electrons. The number of nitrogens with one attached hydrogen (secondary N) is 1. The Morgan fingerprint density at radius 3 is 2.55 bits per heavy atom. The van der Waals surface area contributed by atoms with Crippen molar-refractivity contribution in [1.82, 2.24) is 15.5 Å². The molecule has 1 N–H and O–H groups in total. The molecule has 4 heteroatoms. The van der Waals surface area contributed by atoms with E-state index >= 15 is 0 Å². The Balaban J connectivity index is 1.73. The van der Waals surface area contributed by atoms with Crippen LogP contribution in [0.5, 0.6) is 0 Å². The fraction of sp³-hybridized carbons (Fsp3) is 0.500. The Kier molecular flexibility index (Phi) is 3.57. The maximum atomic E-state index is 5.43. The van der Waals surface area contributed by atoms with Gasteiger partial charge in [-0.1, -0.05) is 41.4 Å². The largest absolute Gasteiger partial charge is 0.339 e. The van der Waals surface area contributed by atoms with E-state index in [-0.39, 0.29) is 0 Å². The summed E-state index contributed by atoms with van der Waals surface area (Å²) in [5.41, 5.74) is 3.79. The van der Waals surface area contributed by atoms with E-state index in [0.29, 0.717) is 11.8 Å². The lowest BCUT2D eigenvalue weighted by atomic mass is 9.89. The van der Waals surface area contributed by atoms with Crippen molar-refractivity contribution in [3.05, 3.63) is 46.6 Å². The molecule has 1 aromatic carbocycles. The molecule has 1 saturated heterocycles. The van der Waals surface area contributed by atoms with Gasteiger partial charge in [0.25, 0.3) is 0 Å². The standard InChI is InChI=1S/C16H21N3O/c1-10-4-11(2)6-13(5-10)7-15-18-16(20-19-15)12(3)14-8-17-9-14/h4-6,12,14,17H,7-9H2,1-3H3. The van der Waals surface area contributed by atoms with E-state index in [2.05, 4.69) is 54.4 Å². The minimum absolute atomic E-state index is 0.344. The first-order chi connectivity index (χ1) is 9.61. The third kappa shape index (κ3) is 2.75. The van der Waals surface area contributed by atoms with Gasteiger partial charge in [0.2, 0.25) is 5.89 Å². The molecule has 1 aliphatic heterocycles. The van der Waals surface area contributed by atoms with Gasteiger partial charge in [0.15, 0.2) is 5.82 Å². The van der Waals surface area contributed by atoms with Gasteiger partial charge < -0.3 is 9.84 Å². The highest BCUT2D eigenvalue weighted by Crippen LogP contribution is 2.25. The van der Waals surface area contributed by atoms with E-state index in [1.54, 1.807) is 0 Å². The van der Waals surface area contributed by atoms with Crippen molar-refractivity contribution in [2.24, 2.45) is 5.92 Å². The number of hydrogen-bond donors (Lipinski definition) is 1. The minimum Gasteiger partial charge on any atom is -0.339 e. The Hall–Kier alpha value is -1.68. The Bertz CT molecular complexity index is 581. The number of hydrogen-bond acceptors (Lipinski definition) is 4. The van der Waals surface area contributed by atoms with Gasteiger partial charge in [-0.2, -0.15) is 4.98 Å². The Morgan fingerprint density at radius 2 is 1.95 bits per heavy atom. The van der Waals surface area contributed by atoms with Crippen LogP contribution in [0.2, 0.25) is 0 Å². The third-order valence-electron chi connectivity index (χ3n) is 4.04. The van der Waals surface area contributed by atoms with Crippen LogP contribution < -0.4 is 5.32 Å². The molecule has 1 atom stereocenters. The van der Waals surface area contributed by atoms with Crippen molar-refractivity contribution in [2.45, 2.75) is 33.1 Å². The van der Waals surface area contributed by atoms with Gasteiger partial charge in [0.05, 0.1) is 0 Å². The highest BCUT2D eigenvalue weighted by molar-refractivity contribution is 5.30. The van der Waals surface area contributed by atoms with Crippen LogP contribution >= 0.6 is 0 Å². The first-order valence-electron chi connectivity index (χ1n) is 7.22. The lowest BCUT2D eigenvalue weighted by Crippen LogP contribution is -2.44. The number of aryl methyl sites for hydroxylation is 2. The van der Waals surface area contributed by atoms with Crippen molar-refractivity contribution in [3.63, 3.8) is 0 Å². The van der Waals surface area contributed by atoms with E-state index in [1.165, 1.54) is 16.7 Å². The zero-order valence-corrected chi connectivity index (χ0v) is 12.3. The van der Waals surface area contributed by atoms with Gasteiger partial charge in [-0.3, -0.25) is 0 Å². The molecule has 20 heavy (non-hydrogen) atoms. The monoisotopic (exact) mass is 271 g/mol. The first kappa shape index (κ1) is 13.3. The van der Waals surface area contributed by atoms with E-state index in [0.717, 1.165) is 31.2 Å². The lowest BCUT2D eigenvalue weighted by Gasteiger charge is -2.30. The SMILES string of the molecule is Cc1cc(C)cc(Cc2noc(C(C)C3CNC3)n2)c1. The maximum Gasteiger partial charge on any atom is 0.229 e. The molecular formula is C16H21N3O. The van der Waals surface area contributed by atoms with E-state index in [1.807, 2.05) is 0 Å². The van der Waals surface area contributed by atoms with E-state index in [9.17, 15) is 0 Å². The van der Waals surface area contributed by atoms with Gasteiger partial charge in [-0.25, -0.2) is 0 Å². The summed E-state index contributed by atoms with van der Waals surface area (Å²) in [6.07, 6.45) is 0.738. The topological polar surface area (TPSA) is 51.0 Å². The molecular weight excluding hydrogens is 250 g/mol. The summed E-state index contributed by atoms with van der Waals surface area (Å²) in [7, 11) is 0. The molecule has 1 unspecified atom stereocenters. The summed E-state index contributed by atoms with van der Waals surface area (Å²) in [4.78, 5) is 4.56. The van der Waals surface area contributed by atoms with Crippen LogP contribution in [0.4, 0.5) is 0 Å². The second-order valence-electron chi connectivity index (χ2n) is 5.93. The van der Waals surface area contributed by atoms with Crippen LogP contribution in [-0.4, -0.2) is 23.2 Å². The summed E-state index contributed by atoms with van der Waals surface area (Å²) in [5.74, 6) is 2.53. The average Bonchev–Trinajstić information content (AvgIpc) is 2.73. The number of rotatable bonds is 4. The molecule has 1 aliphatic rings. The zero-order valence-electron chi connectivity index (χ0n) is 12.3. The fourth-order valence-electron chi connectivity index (χ4n) is 2.74. The molecule has 3 rings (SSSR count). The zero-order chi connectivity index (χ0) is 14.1. The fourth-order valence-corrected chi connectivity index (χ4v) is 2.74. The molecule has 0 saturated carbocycles. The van der Waals surface area contributed by atoms with Crippen LogP contribution in [0.1, 0.15) is 41.2 Å². The van der Waals surface area contributed by atoms with Gasteiger partial charge in [0, 0.05) is 12.3 Å². The molecule has 0 bridgehead atoms. The predicted molar refractivity (Wildman–Crippen MR) is 77.8 cm³/mol. The van der Waals surface area contributed by atoms with Crippen molar-refractivity contribution in [1.29, 1.82) is 0 Å². The predicted octanol–water partition coefficient (Wildman–Crippen LogP) is 2.60. The normalized spacial score (nSPS) is 16.9. The van der Waals surface area contributed by atoms with E-state index in [4.69, 9.17) is 4.52 Å². The quantitative estimate of drug-likeness (QED) is 0.928. The highest BCUT2D eigenvalue weighted by Gasteiger charge is 2.28. The van der Waals surface area contributed by atoms with Crippen molar-refractivity contribution in [2.75, 3.05) is 13.1 Å². The van der Waals surface area contributed by atoms with Crippen LogP contribution in [-0.2, 0) is 6.42 Å². The van der Waals surface area contributed by atoms with Crippen LogP contribution in [0, 0.1) is 19.8 Å². The van der Waals surface area contributed by atoms with Crippen molar-refractivity contribution in [3.8, 4) is 0 Å². The second kappa shape index (κ2) is 5.37. The molecule has 2 aromatic rings. The molecule has 2 heterocycles. The third-order valence-corrected chi connectivity index (χ3v) is 4.04. The van der Waals surface area contributed by atoms with Crippen LogP contribution in [0.25, 0.3) is 0 Å². The average molecular weight is 271 g/mol. The molecule has 0 spiro atoms. The summed E-state index contributed by atoms with van der Waals surface area (Å²) >= 11 is 0. The number of nitrogens with zero attached hydrogens (tertiary/aromatic N) is 2. The second-order valence-corrected chi connectivity index (χ2v) is 5.93. The molecule has 1 aromatic heterocycles. The summed E-state index contributed by atoms with van der Waals surface area (Å²) in [5, 5.41) is 7.41. The number of aromatic nitrogens is 2. The molecule has 1 fully saturated rings. The van der Waals surface area contributed by atoms with Crippen LogP contribution in [0.15, 0.2) is 22.7 Å². The first-order valence-corrected chi connectivity index (χ1v) is 7.22. The van der Waals surface area contributed by atoms with Crippen molar-refractivity contribution >= 4 is 0 Å². The van der Waals surface area contributed by atoms with Gasteiger partial charge in [0.1, 0.15) is 0 Å². The van der Waals surface area contributed by atoms with Crippen LogP contribution in [0.3, 0.4) is 0 Å². The van der Waals surface area contributed by atoms with E-state index < -0.39 is 0 Å². The van der Waals surface area contributed by atoms with Crippen molar-refractivity contribution < 1.29 is 4.52 Å². The lowest BCUT2D eigenvalue weighted by molar-refractivity contribution is 0.252. The summed E-state index contributed by atoms with van der Waals surface area (Å²) in [6, 6.07) is 6.54. The molecule has 0 radical (unpaired) electrons. The maximum absolute atomic E-state index is 5.43. The van der Waals surface area contributed by atoms with Gasteiger partial charge in [-0.05, 0) is 38.4 Å². The number of benzene rings is 1. The Labute approximate surface area is 119 Å². The molecule has 0 amide bonds.